The van der Waals surface area contributed by atoms with Gasteiger partial charge in [-0.1, -0.05) is 0 Å². The zero-order chi connectivity index (χ0) is 14.0. The second-order valence-electron chi connectivity index (χ2n) is 5.12. The minimum Gasteiger partial charge on any atom is -0.365 e. The van der Waals surface area contributed by atoms with E-state index in [0.717, 1.165) is 25.9 Å². The van der Waals surface area contributed by atoms with Gasteiger partial charge in [-0.3, -0.25) is 0 Å². The molecule has 1 atom stereocenters. The van der Waals surface area contributed by atoms with Crippen LogP contribution in [0.25, 0.3) is 0 Å². The van der Waals surface area contributed by atoms with Crippen LogP contribution in [0.3, 0.4) is 0 Å². The van der Waals surface area contributed by atoms with Crippen LogP contribution in [-0.4, -0.2) is 38.1 Å². The Labute approximate surface area is 121 Å². The summed E-state index contributed by atoms with van der Waals surface area (Å²) in [5.74, 6) is -0.329. The Kier molecular flexibility index (Phi) is 4.43. The van der Waals surface area contributed by atoms with Crippen LogP contribution in [0.4, 0.5) is 10.1 Å². The molecular formula is C14H17BrFN3. The van der Waals surface area contributed by atoms with E-state index in [2.05, 4.69) is 25.7 Å². The minimum atomic E-state index is -0.329. The summed E-state index contributed by atoms with van der Waals surface area (Å²) in [5, 5.41) is 8.90. The Morgan fingerprint density at radius 1 is 1.53 bits per heavy atom. The molecule has 0 spiro atoms. The van der Waals surface area contributed by atoms with Crippen LogP contribution >= 0.6 is 15.9 Å². The van der Waals surface area contributed by atoms with Gasteiger partial charge >= 0.3 is 0 Å². The lowest BCUT2D eigenvalue weighted by Gasteiger charge is -2.29. The molecule has 1 unspecified atom stereocenters. The fourth-order valence-corrected chi connectivity index (χ4v) is 3.04. The number of hydrogen-bond donors (Lipinski definition) is 0. The molecule has 1 aliphatic heterocycles. The summed E-state index contributed by atoms with van der Waals surface area (Å²) >= 11 is 3.17. The molecular weight excluding hydrogens is 309 g/mol. The van der Waals surface area contributed by atoms with E-state index >= 15 is 0 Å². The van der Waals surface area contributed by atoms with Crippen molar-refractivity contribution < 1.29 is 4.39 Å². The van der Waals surface area contributed by atoms with Gasteiger partial charge < -0.3 is 9.80 Å². The van der Waals surface area contributed by atoms with Crippen molar-refractivity contribution in [3.8, 4) is 6.07 Å². The van der Waals surface area contributed by atoms with Gasteiger partial charge in [0, 0.05) is 19.1 Å². The molecule has 19 heavy (non-hydrogen) atoms. The Hall–Kier alpha value is -1.12. The quantitative estimate of drug-likeness (QED) is 0.855. The molecule has 3 nitrogen and oxygen atoms in total. The Morgan fingerprint density at radius 3 is 2.89 bits per heavy atom. The molecule has 102 valence electrons. The van der Waals surface area contributed by atoms with E-state index in [1.165, 1.54) is 0 Å². The van der Waals surface area contributed by atoms with Gasteiger partial charge in [0.05, 0.1) is 15.7 Å². The summed E-state index contributed by atoms with van der Waals surface area (Å²) in [7, 11) is 4.06. The van der Waals surface area contributed by atoms with Crippen LogP contribution in [0.5, 0.6) is 0 Å². The van der Waals surface area contributed by atoms with Gasteiger partial charge in [0.1, 0.15) is 6.07 Å². The molecule has 0 amide bonds. The summed E-state index contributed by atoms with van der Waals surface area (Å²) in [5.41, 5.74) is 0.930. The van der Waals surface area contributed by atoms with Gasteiger partial charge in [-0.05, 0) is 55.0 Å². The summed E-state index contributed by atoms with van der Waals surface area (Å²) in [6.45, 7) is 1.78. The van der Waals surface area contributed by atoms with E-state index < -0.39 is 0 Å². The third kappa shape index (κ3) is 2.90. The molecule has 1 aliphatic rings. The first-order valence-corrected chi connectivity index (χ1v) is 7.13. The van der Waals surface area contributed by atoms with Gasteiger partial charge in [0.25, 0.3) is 0 Å². The molecule has 1 aromatic rings. The lowest BCUT2D eigenvalue weighted by molar-refractivity contribution is 0.371. The molecule has 1 saturated heterocycles. The van der Waals surface area contributed by atoms with Crippen LogP contribution in [-0.2, 0) is 0 Å². The largest absolute Gasteiger partial charge is 0.365 e. The Bertz CT molecular complexity index is 510. The molecule has 0 radical (unpaired) electrons. The standard InChI is InChI=1S/C14H17BrFN3/c1-18(2)9-11-4-3-7-19(11)12-6-5-10(8-17)13(15)14(12)16/h5-6,11H,3-4,7,9H2,1-2H3. The maximum absolute atomic E-state index is 14.4. The van der Waals surface area contributed by atoms with Gasteiger partial charge in [-0.25, -0.2) is 4.39 Å². The van der Waals surface area contributed by atoms with Crippen molar-refractivity contribution >= 4 is 21.6 Å². The fraction of sp³-hybridized carbons (Fsp3) is 0.500. The highest BCUT2D eigenvalue weighted by Crippen LogP contribution is 2.33. The number of rotatable bonds is 3. The van der Waals surface area contributed by atoms with E-state index in [9.17, 15) is 4.39 Å². The van der Waals surface area contributed by atoms with Crippen molar-refractivity contribution in [2.24, 2.45) is 0 Å². The molecule has 0 aromatic heterocycles. The van der Waals surface area contributed by atoms with Gasteiger partial charge in [0.2, 0.25) is 0 Å². The molecule has 0 aliphatic carbocycles. The number of likely N-dealkylation sites (N-methyl/N-ethyl adjacent to an activating group) is 1. The zero-order valence-corrected chi connectivity index (χ0v) is 12.7. The van der Waals surface area contributed by atoms with Crippen molar-refractivity contribution in [3.05, 3.63) is 28.0 Å². The molecule has 2 rings (SSSR count). The van der Waals surface area contributed by atoms with Crippen molar-refractivity contribution in [3.63, 3.8) is 0 Å². The first kappa shape index (κ1) is 14.3. The van der Waals surface area contributed by atoms with Crippen molar-refractivity contribution in [1.29, 1.82) is 5.26 Å². The molecule has 0 saturated carbocycles. The maximum Gasteiger partial charge on any atom is 0.161 e. The highest BCUT2D eigenvalue weighted by Gasteiger charge is 2.28. The van der Waals surface area contributed by atoms with Crippen LogP contribution in [0.2, 0.25) is 0 Å². The third-order valence-electron chi connectivity index (χ3n) is 3.44. The summed E-state index contributed by atoms with van der Waals surface area (Å²) in [6.07, 6.45) is 2.16. The van der Waals surface area contributed by atoms with Gasteiger partial charge in [-0.15, -0.1) is 0 Å². The predicted molar refractivity (Wildman–Crippen MR) is 77.7 cm³/mol. The monoisotopic (exact) mass is 325 g/mol. The van der Waals surface area contributed by atoms with Crippen molar-refractivity contribution in [2.75, 3.05) is 32.1 Å². The minimum absolute atomic E-state index is 0.267. The van der Waals surface area contributed by atoms with E-state index in [4.69, 9.17) is 5.26 Å². The number of anilines is 1. The zero-order valence-electron chi connectivity index (χ0n) is 11.2. The summed E-state index contributed by atoms with van der Waals surface area (Å²) in [4.78, 5) is 4.24. The second-order valence-corrected chi connectivity index (χ2v) is 5.92. The highest BCUT2D eigenvalue weighted by molar-refractivity contribution is 9.10. The van der Waals surface area contributed by atoms with Crippen LogP contribution < -0.4 is 4.90 Å². The average Bonchev–Trinajstić information content (AvgIpc) is 2.80. The molecule has 1 aromatic carbocycles. The second kappa shape index (κ2) is 5.89. The van der Waals surface area contributed by atoms with E-state index in [1.807, 2.05) is 20.2 Å². The van der Waals surface area contributed by atoms with Gasteiger partial charge in [0.15, 0.2) is 5.82 Å². The molecule has 0 N–H and O–H groups in total. The SMILES string of the molecule is CN(C)CC1CCCN1c1ccc(C#N)c(Br)c1F. The normalized spacial score (nSPS) is 18.9. The molecule has 1 heterocycles. The number of nitrogens with zero attached hydrogens (tertiary/aromatic N) is 3. The van der Waals surface area contributed by atoms with Crippen molar-refractivity contribution in [2.45, 2.75) is 18.9 Å². The first-order chi connectivity index (χ1) is 9.04. The fourth-order valence-electron chi connectivity index (χ4n) is 2.61. The average molecular weight is 326 g/mol. The number of nitriles is 1. The highest BCUT2D eigenvalue weighted by atomic mass is 79.9. The third-order valence-corrected chi connectivity index (χ3v) is 4.22. The van der Waals surface area contributed by atoms with E-state index in [0.29, 0.717) is 17.3 Å². The first-order valence-electron chi connectivity index (χ1n) is 6.34. The predicted octanol–water partition coefficient (Wildman–Crippen LogP) is 2.99. The summed E-state index contributed by atoms with van der Waals surface area (Å²) < 4.78 is 14.6. The molecule has 0 bridgehead atoms. The van der Waals surface area contributed by atoms with Crippen LogP contribution in [0, 0.1) is 17.1 Å². The van der Waals surface area contributed by atoms with Gasteiger partial charge in [-0.2, -0.15) is 5.26 Å². The lowest BCUT2D eigenvalue weighted by Crippen LogP contribution is -2.38. The summed E-state index contributed by atoms with van der Waals surface area (Å²) in [6, 6.07) is 5.71. The van der Waals surface area contributed by atoms with Crippen molar-refractivity contribution in [1.82, 2.24) is 4.90 Å². The molecule has 5 heteroatoms. The lowest BCUT2D eigenvalue weighted by atomic mass is 10.1. The smallest absolute Gasteiger partial charge is 0.161 e. The topological polar surface area (TPSA) is 30.3 Å². The molecule has 1 fully saturated rings. The maximum atomic E-state index is 14.4. The Morgan fingerprint density at radius 2 is 2.26 bits per heavy atom. The number of hydrogen-bond acceptors (Lipinski definition) is 3. The van der Waals surface area contributed by atoms with Crippen LogP contribution in [0.15, 0.2) is 16.6 Å². The van der Waals surface area contributed by atoms with Crippen LogP contribution in [0.1, 0.15) is 18.4 Å². The Balaban J connectivity index is 2.31. The van der Waals surface area contributed by atoms with E-state index in [-0.39, 0.29) is 10.3 Å². The number of benzene rings is 1. The number of halogens is 2. The van der Waals surface area contributed by atoms with E-state index in [1.54, 1.807) is 12.1 Å².